The fraction of sp³-hybridized carbons (Fsp3) is 0.300. The normalized spacial score (nSPS) is 11.6. The first-order chi connectivity index (χ1) is 12.6. The van der Waals surface area contributed by atoms with E-state index in [4.69, 9.17) is 17.3 Å². The van der Waals surface area contributed by atoms with E-state index in [-0.39, 0.29) is 11.9 Å². The van der Waals surface area contributed by atoms with Crippen LogP contribution in [0.25, 0.3) is 0 Å². The van der Waals surface area contributed by atoms with E-state index in [1.54, 1.807) is 0 Å². The van der Waals surface area contributed by atoms with E-state index in [1.807, 2.05) is 54.6 Å². The van der Waals surface area contributed by atoms with Crippen LogP contribution in [0.4, 0.5) is 4.79 Å². The molecule has 0 saturated heterocycles. The molecule has 2 aromatic rings. The number of hydrogen-bond acceptors (Lipinski definition) is 2. The van der Waals surface area contributed by atoms with Gasteiger partial charge in [0.05, 0.1) is 6.04 Å². The van der Waals surface area contributed by atoms with Gasteiger partial charge in [-0.2, -0.15) is 0 Å². The van der Waals surface area contributed by atoms with Crippen molar-refractivity contribution in [2.75, 3.05) is 6.54 Å². The number of nitrogens with one attached hydrogen (secondary N) is 2. The topological polar surface area (TPSA) is 84.2 Å². The summed E-state index contributed by atoms with van der Waals surface area (Å²) in [4.78, 5) is 23.0. The second-order valence-corrected chi connectivity index (χ2v) is 6.50. The molecule has 0 radical (unpaired) electrons. The van der Waals surface area contributed by atoms with Crippen molar-refractivity contribution in [3.8, 4) is 0 Å². The number of unbranched alkanes of at least 4 members (excludes halogenated alkanes) is 2. The zero-order valence-electron chi connectivity index (χ0n) is 14.6. The molecule has 0 heterocycles. The van der Waals surface area contributed by atoms with Crippen LogP contribution in [0.1, 0.15) is 42.9 Å². The van der Waals surface area contributed by atoms with Crippen LogP contribution in [0.3, 0.4) is 0 Å². The fourth-order valence-electron chi connectivity index (χ4n) is 2.69. The van der Waals surface area contributed by atoms with Gasteiger partial charge in [-0.15, -0.1) is 0 Å². The Morgan fingerprint density at radius 2 is 1.58 bits per heavy atom. The molecule has 138 valence electrons. The smallest absolute Gasteiger partial charge is 0.312 e. The van der Waals surface area contributed by atoms with Gasteiger partial charge in [-0.25, -0.2) is 4.79 Å². The number of carbonyl (C=O) groups excluding carboxylic acids is 2. The molecule has 0 aliphatic heterocycles. The zero-order valence-corrected chi connectivity index (χ0v) is 15.3. The number of benzene rings is 2. The van der Waals surface area contributed by atoms with Crippen LogP contribution in [0, 0.1) is 0 Å². The fourth-order valence-corrected chi connectivity index (χ4v) is 2.82. The van der Waals surface area contributed by atoms with Crippen LogP contribution in [0.2, 0.25) is 5.02 Å². The quantitative estimate of drug-likeness (QED) is 0.584. The van der Waals surface area contributed by atoms with Gasteiger partial charge < -0.3 is 16.4 Å². The first-order valence-electron chi connectivity index (χ1n) is 8.69. The molecule has 0 aromatic heterocycles. The molecule has 2 rings (SSSR count). The minimum atomic E-state index is -0.517. The number of hydrogen-bond donors (Lipinski definition) is 3. The van der Waals surface area contributed by atoms with Crippen molar-refractivity contribution < 1.29 is 9.59 Å². The lowest BCUT2D eigenvalue weighted by Crippen LogP contribution is -2.30. The predicted octanol–water partition coefficient (Wildman–Crippen LogP) is 3.77. The van der Waals surface area contributed by atoms with Gasteiger partial charge in [-0.3, -0.25) is 4.79 Å². The molecule has 4 N–H and O–H groups in total. The van der Waals surface area contributed by atoms with Crippen LogP contribution in [-0.2, 0) is 4.79 Å². The summed E-state index contributed by atoms with van der Waals surface area (Å²) < 4.78 is 0. The first kappa shape index (κ1) is 19.8. The average molecular weight is 374 g/mol. The molecule has 0 aliphatic rings. The Morgan fingerprint density at radius 1 is 0.923 bits per heavy atom. The lowest BCUT2D eigenvalue weighted by atomic mass is 9.98. The highest BCUT2D eigenvalue weighted by atomic mass is 35.5. The van der Waals surface area contributed by atoms with Crippen LogP contribution < -0.4 is 16.4 Å². The van der Waals surface area contributed by atoms with E-state index in [2.05, 4.69) is 10.6 Å². The molecular formula is C20H24ClN3O2. The van der Waals surface area contributed by atoms with Crippen LogP contribution in [0.5, 0.6) is 0 Å². The van der Waals surface area contributed by atoms with Crippen molar-refractivity contribution in [1.82, 2.24) is 10.6 Å². The molecule has 3 amide bonds. The van der Waals surface area contributed by atoms with Crippen LogP contribution in [-0.4, -0.2) is 18.5 Å². The van der Waals surface area contributed by atoms with Crippen molar-refractivity contribution in [2.45, 2.75) is 31.7 Å². The molecule has 1 atom stereocenters. The van der Waals surface area contributed by atoms with Crippen molar-refractivity contribution >= 4 is 23.5 Å². The molecule has 2 aromatic carbocycles. The Bertz CT molecular complexity index is 705. The second-order valence-electron chi connectivity index (χ2n) is 6.06. The molecular weight excluding hydrogens is 350 g/mol. The van der Waals surface area contributed by atoms with Crippen molar-refractivity contribution in [2.24, 2.45) is 5.73 Å². The summed E-state index contributed by atoms with van der Waals surface area (Å²) in [6, 6.07) is 16.6. The van der Waals surface area contributed by atoms with E-state index in [1.165, 1.54) is 0 Å². The number of primary amides is 1. The third kappa shape index (κ3) is 6.76. The Balaban J connectivity index is 1.91. The van der Waals surface area contributed by atoms with Gasteiger partial charge in [0, 0.05) is 18.0 Å². The summed E-state index contributed by atoms with van der Waals surface area (Å²) in [5, 5.41) is 6.31. The summed E-state index contributed by atoms with van der Waals surface area (Å²) in [5.41, 5.74) is 7.02. The maximum Gasteiger partial charge on any atom is 0.312 e. The van der Waals surface area contributed by atoms with E-state index in [9.17, 15) is 9.59 Å². The standard InChI is InChI=1S/C20H24ClN3O2/c21-17-12-10-16(11-13-17)19(15-7-3-1-4-8-15)24-18(25)9-5-2-6-14-23-20(22)26/h1,3-4,7-8,10-13,19H,2,5-6,9,14H2,(H,24,25)(H3,22,23,26). The Labute approximate surface area is 158 Å². The summed E-state index contributed by atoms with van der Waals surface area (Å²) in [5.74, 6) is -0.00309. The molecule has 0 fully saturated rings. The third-order valence-corrected chi connectivity index (χ3v) is 4.27. The van der Waals surface area contributed by atoms with E-state index >= 15 is 0 Å². The summed E-state index contributed by atoms with van der Waals surface area (Å²) >= 11 is 5.98. The Morgan fingerprint density at radius 3 is 2.23 bits per heavy atom. The predicted molar refractivity (Wildman–Crippen MR) is 104 cm³/mol. The number of halogens is 1. The van der Waals surface area contributed by atoms with Gasteiger partial charge in [-0.1, -0.05) is 60.5 Å². The highest BCUT2D eigenvalue weighted by Gasteiger charge is 2.16. The van der Waals surface area contributed by atoms with Gasteiger partial charge in [0.25, 0.3) is 0 Å². The molecule has 0 saturated carbocycles. The molecule has 0 aliphatic carbocycles. The van der Waals surface area contributed by atoms with Crippen LogP contribution >= 0.6 is 11.6 Å². The van der Waals surface area contributed by atoms with Crippen molar-refractivity contribution in [1.29, 1.82) is 0 Å². The highest BCUT2D eigenvalue weighted by molar-refractivity contribution is 6.30. The molecule has 0 spiro atoms. The number of nitrogens with two attached hydrogens (primary N) is 1. The van der Waals surface area contributed by atoms with Crippen molar-refractivity contribution in [3.63, 3.8) is 0 Å². The zero-order chi connectivity index (χ0) is 18.8. The van der Waals surface area contributed by atoms with Gasteiger partial charge in [0.15, 0.2) is 0 Å². The van der Waals surface area contributed by atoms with Gasteiger partial charge in [0.1, 0.15) is 0 Å². The van der Waals surface area contributed by atoms with Gasteiger partial charge >= 0.3 is 6.03 Å². The maximum absolute atomic E-state index is 12.4. The van der Waals surface area contributed by atoms with Gasteiger partial charge in [0.2, 0.25) is 5.91 Å². The minimum absolute atomic E-state index is 0.00309. The SMILES string of the molecule is NC(=O)NCCCCCC(=O)NC(c1ccccc1)c1ccc(Cl)cc1. The number of amides is 3. The maximum atomic E-state index is 12.4. The molecule has 26 heavy (non-hydrogen) atoms. The second kappa shape index (κ2) is 10.5. The van der Waals surface area contributed by atoms with E-state index < -0.39 is 6.03 Å². The number of rotatable bonds is 9. The summed E-state index contributed by atoms with van der Waals surface area (Å²) in [7, 11) is 0. The summed E-state index contributed by atoms with van der Waals surface area (Å²) in [6.45, 7) is 0.536. The molecule has 1 unspecified atom stereocenters. The largest absolute Gasteiger partial charge is 0.352 e. The highest BCUT2D eigenvalue weighted by Crippen LogP contribution is 2.23. The Hall–Kier alpha value is -2.53. The molecule has 0 bridgehead atoms. The number of carbonyl (C=O) groups is 2. The van der Waals surface area contributed by atoms with Crippen molar-refractivity contribution in [3.05, 3.63) is 70.7 Å². The third-order valence-electron chi connectivity index (χ3n) is 4.02. The van der Waals surface area contributed by atoms with Crippen LogP contribution in [0.15, 0.2) is 54.6 Å². The monoisotopic (exact) mass is 373 g/mol. The lowest BCUT2D eigenvalue weighted by Gasteiger charge is -2.20. The number of urea groups is 1. The minimum Gasteiger partial charge on any atom is -0.352 e. The van der Waals surface area contributed by atoms with E-state index in [0.29, 0.717) is 18.0 Å². The summed E-state index contributed by atoms with van der Waals surface area (Å²) in [6.07, 6.45) is 2.85. The Kier molecular flexibility index (Phi) is 7.96. The average Bonchev–Trinajstić information content (AvgIpc) is 2.64. The first-order valence-corrected chi connectivity index (χ1v) is 9.07. The molecule has 6 heteroatoms. The van der Waals surface area contributed by atoms with E-state index in [0.717, 1.165) is 30.4 Å². The van der Waals surface area contributed by atoms with Gasteiger partial charge in [-0.05, 0) is 36.1 Å². The lowest BCUT2D eigenvalue weighted by molar-refractivity contribution is -0.121. The molecule has 5 nitrogen and oxygen atoms in total.